The topological polar surface area (TPSA) is 92.3 Å². The van der Waals surface area contributed by atoms with E-state index in [2.05, 4.69) is 10.9 Å². The summed E-state index contributed by atoms with van der Waals surface area (Å²) < 4.78 is 22.6. The fourth-order valence-corrected chi connectivity index (χ4v) is 4.11. The van der Waals surface area contributed by atoms with Crippen molar-refractivity contribution in [2.45, 2.75) is 19.8 Å². The Kier molecular flexibility index (Phi) is 4.62. The minimum Gasteiger partial charge on any atom is -0.273 e. The molecule has 1 aliphatic heterocycles. The van der Waals surface area contributed by atoms with Crippen LogP contribution in [-0.4, -0.2) is 31.7 Å². The van der Waals surface area contributed by atoms with Gasteiger partial charge in [0.1, 0.15) is 0 Å². The number of carbonyl (C=O) groups excluding carboxylic acids is 2. The number of carbonyl (C=O) groups is 2. The molecule has 0 aromatic heterocycles. The molecule has 7 heteroatoms. The Hall–Kier alpha value is -1.89. The predicted molar refractivity (Wildman–Crippen MR) is 78.2 cm³/mol. The Morgan fingerprint density at radius 2 is 1.86 bits per heavy atom. The molecule has 1 heterocycles. The van der Waals surface area contributed by atoms with E-state index in [4.69, 9.17) is 0 Å². The molecule has 1 atom stereocenters. The fraction of sp³-hybridized carbons (Fsp3) is 0.429. The maximum atomic E-state index is 11.8. The predicted octanol–water partition coefficient (Wildman–Crippen LogP) is 0.581. The lowest BCUT2D eigenvalue weighted by Gasteiger charge is -2.10. The maximum Gasteiger partial charge on any atom is 0.269 e. The molecule has 1 aromatic carbocycles. The second-order valence-electron chi connectivity index (χ2n) is 5.34. The number of sulfone groups is 1. The number of aryl methyl sites for hydroxylation is 1. The van der Waals surface area contributed by atoms with Crippen molar-refractivity contribution in [2.24, 2.45) is 5.92 Å². The van der Waals surface area contributed by atoms with E-state index in [-0.39, 0.29) is 29.8 Å². The summed E-state index contributed by atoms with van der Waals surface area (Å²) in [5, 5.41) is 0. The first-order valence-electron chi connectivity index (χ1n) is 6.72. The summed E-state index contributed by atoms with van der Waals surface area (Å²) in [5.74, 6) is -0.751. The lowest BCUT2D eigenvalue weighted by atomic mass is 10.1. The second kappa shape index (κ2) is 6.26. The van der Waals surface area contributed by atoms with Crippen molar-refractivity contribution in [1.29, 1.82) is 0 Å². The molecular formula is C14H18N2O4S. The third-order valence-electron chi connectivity index (χ3n) is 3.43. The van der Waals surface area contributed by atoms with Crippen molar-refractivity contribution in [3.8, 4) is 0 Å². The zero-order valence-corrected chi connectivity index (χ0v) is 12.6. The largest absolute Gasteiger partial charge is 0.273 e. The van der Waals surface area contributed by atoms with Crippen molar-refractivity contribution in [1.82, 2.24) is 10.9 Å². The first-order chi connectivity index (χ1) is 9.85. The number of amides is 2. The molecule has 1 aliphatic rings. The molecule has 6 nitrogen and oxygen atoms in total. The van der Waals surface area contributed by atoms with Crippen LogP contribution >= 0.6 is 0 Å². The summed E-state index contributed by atoms with van der Waals surface area (Å²) in [4.78, 5) is 23.5. The number of benzene rings is 1. The van der Waals surface area contributed by atoms with Gasteiger partial charge in [-0.1, -0.05) is 17.7 Å². The third kappa shape index (κ3) is 4.56. The molecule has 2 amide bonds. The Bertz CT molecular complexity index is 637. The summed E-state index contributed by atoms with van der Waals surface area (Å²) in [6, 6.07) is 6.95. The molecule has 0 radical (unpaired) electrons. The second-order valence-corrected chi connectivity index (χ2v) is 7.57. The standard InChI is InChI=1S/C14H18N2O4S/c1-10-2-4-12(5-3-10)14(18)16-15-13(17)8-11-6-7-21(19,20)9-11/h2-5,11H,6-9H2,1H3,(H,15,17)(H,16,18)/t11-/m0/s1. The zero-order chi connectivity index (χ0) is 15.5. The fourth-order valence-electron chi connectivity index (χ4n) is 2.25. The molecule has 0 aliphatic carbocycles. The van der Waals surface area contributed by atoms with Gasteiger partial charge in [0.15, 0.2) is 9.84 Å². The van der Waals surface area contributed by atoms with Crippen LogP contribution in [0.15, 0.2) is 24.3 Å². The van der Waals surface area contributed by atoms with Crippen LogP contribution in [0.3, 0.4) is 0 Å². The molecule has 114 valence electrons. The Morgan fingerprint density at radius 3 is 2.43 bits per heavy atom. The number of hydrogen-bond acceptors (Lipinski definition) is 4. The van der Waals surface area contributed by atoms with Crippen LogP contribution in [0.2, 0.25) is 0 Å². The molecule has 0 unspecified atom stereocenters. The van der Waals surface area contributed by atoms with Gasteiger partial charge in [-0.05, 0) is 31.4 Å². The van der Waals surface area contributed by atoms with Crippen LogP contribution in [0.4, 0.5) is 0 Å². The van der Waals surface area contributed by atoms with E-state index in [0.29, 0.717) is 12.0 Å². The summed E-state index contributed by atoms with van der Waals surface area (Å²) in [5.41, 5.74) is 6.13. The van der Waals surface area contributed by atoms with Gasteiger partial charge in [-0.25, -0.2) is 8.42 Å². The van der Waals surface area contributed by atoms with Gasteiger partial charge < -0.3 is 0 Å². The highest BCUT2D eigenvalue weighted by atomic mass is 32.2. The molecule has 2 rings (SSSR count). The minimum absolute atomic E-state index is 0.0479. The quantitative estimate of drug-likeness (QED) is 0.799. The van der Waals surface area contributed by atoms with Gasteiger partial charge in [0.25, 0.3) is 5.91 Å². The van der Waals surface area contributed by atoms with Crippen LogP contribution in [0, 0.1) is 12.8 Å². The highest BCUT2D eigenvalue weighted by molar-refractivity contribution is 7.91. The van der Waals surface area contributed by atoms with Gasteiger partial charge in [-0.15, -0.1) is 0 Å². The van der Waals surface area contributed by atoms with E-state index in [0.717, 1.165) is 5.56 Å². The summed E-state index contributed by atoms with van der Waals surface area (Å²) >= 11 is 0. The zero-order valence-electron chi connectivity index (χ0n) is 11.8. The lowest BCUT2D eigenvalue weighted by molar-refractivity contribution is -0.122. The number of hydrazine groups is 1. The summed E-state index contributed by atoms with van der Waals surface area (Å²) in [7, 11) is -2.99. The Morgan fingerprint density at radius 1 is 1.19 bits per heavy atom. The molecule has 0 bridgehead atoms. The van der Waals surface area contributed by atoms with E-state index in [1.165, 1.54) is 0 Å². The van der Waals surface area contributed by atoms with E-state index >= 15 is 0 Å². The van der Waals surface area contributed by atoms with Crippen molar-refractivity contribution >= 4 is 21.7 Å². The molecule has 2 N–H and O–H groups in total. The van der Waals surface area contributed by atoms with Crippen LogP contribution in [0.1, 0.15) is 28.8 Å². The lowest BCUT2D eigenvalue weighted by Crippen LogP contribution is -2.42. The first-order valence-corrected chi connectivity index (χ1v) is 8.54. The SMILES string of the molecule is Cc1ccc(C(=O)NNC(=O)C[C@@H]2CCS(=O)(=O)C2)cc1. The average molecular weight is 310 g/mol. The number of nitrogens with one attached hydrogen (secondary N) is 2. The normalized spacial score (nSPS) is 20.0. The van der Waals surface area contributed by atoms with Gasteiger partial charge in [0.05, 0.1) is 11.5 Å². The van der Waals surface area contributed by atoms with Gasteiger partial charge >= 0.3 is 0 Å². The van der Waals surface area contributed by atoms with Crippen LogP contribution in [0.25, 0.3) is 0 Å². The van der Waals surface area contributed by atoms with Crippen molar-refractivity contribution in [2.75, 3.05) is 11.5 Å². The Labute approximate surface area is 123 Å². The molecule has 1 saturated heterocycles. The molecule has 0 spiro atoms. The Balaban J connectivity index is 1.79. The molecule has 21 heavy (non-hydrogen) atoms. The minimum atomic E-state index is -2.99. The summed E-state index contributed by atoms with van der Waals surface area (Å²) in [6.07, 6.45) is 0.606. The van der Waals surface area contributed by atoms with E-state index in [9.17, 15) is 18.0 Å². The molecule has 1 aromatic rings. The van der Waals surface area contributed by atoms with E-state index < -0.39 is 15.7 Å². The van der Waals surface area contributed by atoms with Gasteiger partial charge in [-0.2, -0.15) is 0 Å². The molecule has 0 saturated carbocycles. The molecule has 1 fully saturated rings. The number of rotatable bonds is 3. The smallest absolute Gasteiger partial charge is 0.269 e. The van der Waals surface area contributed by atoms with E-state index in [1.807, 2.05) is 6.92 Å². The highest BCUT2D eigenvalue weighted by Crippen LogP contribution is 2.21. The average Bonchev–Trinajstić information content (AvgIpc) is 2.76. The van der Waals surface area contributed by atoms with Gasteiger partial charge in [0.2, 0.25) is 5.91 Å². The molecular weight excluding hydrogens is 292 g/mol. The van der Waals surface area contributed by atoms with Crippen molar-refractivity contribution < 1.29 is 18.0 Å². The van der Waals surface area contributed by atoms with Crippen LogP contribution in [-0.2, 0) is 14.6 Å². The highest BCUT2D eigenvalue weighted by Gasteiger charge is 2.29. The van der Waals surface area contributed by atoms with Crippen LogP contribution < -0.4 is 10.9 Å². The maximum absolute atomic E-state index is 11.8. The monoisotopic (exact) mass is 310 g/mol. The van der Waals surface area contributed by atoms with Gasteiger partial charge in [-0.3, -0.25) is 20.4 Å². The number of hydrogen-bond donors (Lipinski definition) is 2. The van der Waals surface area contributed by atoms with Crippen molar-refractivity contribution in [3.05, 3.63) is 35.4 Å². The van der Waals surface area contributed by atoms with Crippen molar-refractivity contribution in [3.63, 3.8) is 0 Å². The summed E-state index contributed by atoms with van der Waals surface area (Å²) in [6.45, 7) is 1.92. The van der Waals surface area contributed by atoms with E-state index in [1.54, 1.807) is 24.3 Å². The van der Waals surface area contributed by atoms with Crippen LogP contribution in [0.5, 0.6) is 0 Å². The first kappa shape index (κ1) is 15.5. The third-order valence-corrected chi connectivity index (χ3v) is 5.27. The van der Waals surface area contributed by atoms with Gasteiger partial charge in [0, 0.05) is 12.0 Å².